The zero-order chi connectivity index (χ0) is 19.8. The first-order valence-electron chi connectivity index (χ1n) is 9.34. The van der Waals surface area contributed by atoms with E-state index in [0.29, 0.717) is 25.2 Å². The lowest BCUT2D eigenvalue weighted by Gasteiger charge is -2.32. The highest BCUT2D eigenvalue weighted by Gasteiger charge is 2.23. The van der Waals surface area contributed by atoms with Gasteiger partial charge in [-0.05, 0) is 24.3 Å². The Bertz CT molecular complexity index is 756. The monoisotopic (exact) mass is 403 g/mol. The van der Waals surface area contributed by atoms with Gasteiger partial charge in [0.25, 0.3) is 5.91 Å². The molecule has 1 aliphatic heterocycles. The number of hydrogen-bond acceptors (Lipinski definition) is 6. The highest BCUT2D eigenvalue weighted by molar-refractivity contribution is 7.07. The predicted molar refractivity (Wildman–Crippen MR) is 107 cm³/mol. The summed E-state index contributed by atoms with van der Waals surface area (Å²) >= 11 is 1.55. The van der Waals surface area contributed by atoms with Crippen LogP contribution >= 0.6 is 11.3 Å². The number of nitrogens with zero attached hydrogens (tertiary/aromatic N) is 2. The molecule has 1 aliphatic rings. The number of nitrogens with one attached hydrogen (secondary N) is 1. The number of amides is 2. The third-order valence-corrected chi connectivity index (χ3v) is 5.27. The Kier molecular flexibility index (Phi) is 7.39. The normalized spacial score (nSPS) is 14.7. The minimum atomic E-state index is -0.105. The van der Waals surface area contributed by atoms with Crippen molar-refractivity contribution in [3.63, 3.8) is 0 Å². The van der Waals surface area contributed by atoms with Crippen molar-refractivity contribution in [2.75, 3.05) is 33.4 Å². The lowest BCUT2D eigenvalue weighted by atomic mass is 10.1. The number of thiazole rings is 1. The van der Waals surface area contributed by atoms with Gasteiger partial charge in [0.05, 0.1) is 11.2 Å². The van der Waals surface area contributed by atoms with E-state index in [9.17, 15) is 9.59 Å². The summed E-state index contributed by atoms with van der Waals surface area (Å²) < 4.78 is 10.9. The van der Waals surface area contributed by atoms with Crippen molar-refractivity contribution >= 4 is 23.2 Å². The van der Waals surface area contributed by atoms with Crippen LogP contribution in [0.5, 0.6) is 5.75 Å². The van der Waals surface area contributed by atoms with Gasteiger partial charge in [-0.3, -0.25) is 9.59 Å². The van der Waals surface area contributed by atoms with Crippen molar-refractivity contribution in [1.29, 1.82) is 0 Å². The van der Waals surface area contributed by atoms with Gasteiger partial charge in [0, 0.05) is 57.0 Å². The van der Waals surface area contributed by atoms with Gasteiger partial charge in [-0.15, -0.1) is 11.3 Å². The van der Waals surface area contributed by atoms with Crippen molar-refractivity contribution in [1.82, 2.24) is 15.2 Å². The number of ether oxygens (including phenoxy) is 2. The van der Waals surface area contributed by atoms with Gasteiger partial charge in [0.2, 0.25) is 5.91 Å². The summed E-state index contributed by atoms with van der Waals surface area (Å²) in [4.78, 5) is 30.0. The van der Waals surface area contributed by atoms with Crippen molar-refractivity contribution in [3.05, 3.63) is 46.4 Å². The van der Waals surface area contributed by atoms with Crippen LogP contribution in [0.3, 0.4) is 0 Å². The molecule has 28 heavy (non-hydrogen) atoms. The van der Waals surface area contributed by atoms with E-state index < -0.39 is 0 Å². The molecule has 0 unspecified atom stereocenters. The molecule has 150 valence electrons. The van der Waals surface area contributed by atoms with Gasteiger partial charge in [-0.25, -0.2) is 4.98 Å². The first kappa shape index (κ1) is 20.3. The maximum atomic E-state index is 12.2. The smallest absolute Gasteiger partial charge is 0.251 e. The molecule has 1 aromatic heterocycles. The van der Waals surface area contributed by atoms with E-state index in [1.165, 1.54) is 7.11 Å². The molecule has 7 nitrogen and oxygen atoms in total. The maximum Gasteiger partial charge on any atom is 0.251 e. The summed E-state index contributed by atoms with van der Waals surface area (Å²) in [5.74, 6) is 0.651. The summed E-state index contributed by atoms with van der Waals surface area (Å²) in [6.07, 6.45) is 2.37. The Morgan fingerprint density at radius 3 is 2.64 bits per heavy atom. The Morgan fingerprint density at radius 2 is 2.00 bits per heavy atom. The molecule has 0 atom stereocenters. The number of likely N-dealkylation sites (tertiary alicyclic amines) is 1. The standard InChI is InChI=1S/C20H25N3O4S/c1-26-12-19(24)23-10-7-18(8-11-23)27-17-4-2-15(3-5-17)20(25)21-9-6-16-13-28-14-22-16/h2-5,13-14,18H,6-12H2,1H3,(H,21,25). The minimum Gasteiger partial charge on any atom is -0.490 e. The number of hydrogen-bond donors (Lipinski definition) is 1. The summed E-state index contributed by atoms with van der Waals surface area (Å²) in [7, 11) is 1.53. The van der Waals surface area contributed by atoms with Crippen LogP contribution in [0.4, 0.5) is 0 Å². The summed E-state index contributed by atoms with van der Waals surface area (Å²) in [5.41, 5.74) is 3.38. The molecule has 0 saturated carbocycles. The summed E-state index contributed by atoms with van der Waals surface area (Å²) in [6.45, 7) is 2.03. The zero-order valence-electron chi connectivity index (χ0n) is 15.9. The summed E-state index contributed by atoms with van der Waals surface area (Å²) in [6, 6.07) is 7.17. The fourth-order valence-corrected chi connectivity index (χ4v) is 3.68. The van der Waals surface area contributed by atoms with Crippen LogP contribution in [0.2, 0.25) is 0 Å². The van der Waals surface area contributed by atoms with Crippen LogP contribution in [0.1, 0.15) is 28.9 Å². The number of carbonyl (C=O) groups is 2. The lowest BCUT2D eigenvalue weighted by Crippen LogP contribution is -2.43. The lowest BCUT2D eigenvalue weighted by molar-refractivity contribution is -0.136. The van der Waals surface area contributed by atoms with Gasteiger partial charge in [-0.1, -0.05) is 0 Å². The molecule has 1 saturated heterocycles. The van der Waals surface area contributed by atoms with Gasteiger partial charge < -0.3 is 19.7 Å². The molecule has 1 aromatic carbocycles. The first-order valence-corrected chi connectivity index (χ1v) is 10.3. The fourth-order valence-electron chi connectivity index (χ4n) is 3.08. The van der Waals surface area contributed by atoms with Crippen molar-refractivity contribution < 1.29 is 19.1 Å². The van der Waals surface area contributed by atoms with Crippen LogP contribution in [0.25, 0.3) is 0 Å². The molecule has 0 spiro atoms. The van der Waals surface area contributed by atoms with Crippen LogP contribution < -0.4 is 10.1 Å². The number of aromatic nitrogens is 1. The average molecular weight is 404 g/mol. The Morgan fingerprint density at radius 1 is 1.25 bits per heavy atom. The van der Waals surface area contributed by atoms with E-state index in [2.05, 4.69) is 10.3 Å². The zero-order valence-corrected chi connectivity index (χ0v) is 16.7. The quantitative estimate of drug-likeness (QED) is 0.730. The van der Waals surface area contributed by atoms with E-state index in [0.717, 1.165) is 30.7 Å². The van der Waals surface area contributed by atoms with E-state index in [1.54, 1.807) is 29.0 Å². The highest BCUT2D eigenvalue weighted by Crippen LogP contribution is 2.20. The third kappa shape index (κ3) is 5.77. The van der Waals surface area contributed by atoms with Crippen molar-refractivity contribution in [2.24, 2.45) is 0 Å². The molecule has 2 heterocycles. The fraction of sp³-hybridized carbons (Fsp3) is 0.450. The van der Waals surface area contributed by atoms with Gasteiger partial charge in [0.1, 0.15) is 18.5 Å². The number of benzene rings is 1. The minimum absolute atomic E-state index is 0.0195. The average Bonchev–Trinajstić information content (AvgIpc) is 3.23. The van der Waals surface area contributed by atoms with E-state index in [-0.39, 0.29) is 24.5 Å². The van der Waals surface area contributed by atoms with Gasteiger partial charge in [-0.2, -0.15) is 0 Å². The molecule has 0 aliphatic carbocycles. The number of piperidine rings is 1. The second-order valence-electron chi connectivity index (χ2n) is 6.64. The van der Waals surface area contributed by atoms with E-state index in [1.807, 2.05) is 22.4 Å². The third-order valence-electron chi connectivity index (χ3n) is 4.63. The number of carbonyl (C=O) groups excluding carboxylic acids is 2. The van der Waals surface area contributed by atoms with Crippen LogP contribution in [0, 0.1) is 0 Å². The molecule has 8 heteroatoms. The number of methoxy groups -OCH3 is 1. The SMILES string of the molecule is COCC(=O)N1CCC(Oc2ccc(C(=O)NCCc3cscn3)cc2)CC1. The van der Waals surface area contributed by atoms with Crippen molar-refractivity contribution in [2.45, 2.75) is 25.4 Å². The molecule has 3 rings (SSSR count). The Labute approximate surface area is 168 Å². The number of rotatable bonds is 8. The molecule has 1 fully saturated rings. The summed E-state index contributed by atoms with van der Waals surface area (Å²) in [5, 5.41) is 4.88. The molecule has 2 amide bonds. The molecule has 0 radical (unpaired) electrons. The Hall–Kier alpha value is -2.45. The largest absolute Gasteiger partial charge is 0.490 e. The molecule has 1 N–H and O–H groups in total. The molecule has 2 aromatic rings. The predicted octanol–water partition coefficient (Wildman–Crippen LogP) is 2.13. The van der Waals surface area contributed by atoms with Crippen molar-refractivity contribution in [3.8, 4) is 5.75 Å². The van der Waals surface area contributed by atoms with Gasteiger partial charge >= 0.3 is 0 Å². The molecular weight excluding hydrogens is 378 g/mol. The van der Waals surface area contributed by atoms with E-state index in [4.69, 9.17) is 9.47 Å². The van der Waals surface area contributed by atoms with E-state index >= 15 is 0 Å². The second kappa shape index (κ2) is 10.2. The maximum absolute atomic E-state index is 12.2. The van der Waals surface area contributed by atoms with Crippen LogP contribution in [0.15, 0.2) is 35.2 Å². The second-order valence-corrected chi connectivity index (χ2v) is 7.36. The topological polar surface area (TPSA) is 80.8 Å². The van der Waals surface area contributed by atoms with Crippen LogP contribution in [-0.2, 0) is 16.0 Å². The van der Waals surface area contributed by atoms with Crippen LogP contribution in [-0.4, -0.2) is 61.2 Å². The first-order chi connectivity index (χ1) is 13.7. The molecule has 0 bridgehead atoms. The van der Waals surface area contributed by atoms with Gasteiger partial charge in [0.15, 0.2) is 0 Å². The highest BCUT2D eigenvalue weighted by atomic mass is 32.1. The molecular formula is C20H25N3O4S. The Balaban J connectivity index is 1.42.